The van der Waals surface area contributed by atoms with Crippen molar-refractivity contribution < 1.29 is 18.7 Å². The molecule has 22 heavy (non-hydrogen) atoms. The number of carbonyl (C=O) groups excluding carboxylic acids is 1. The van der Waals surface area contributed by atoms with Crippen LogP contribution in [0.4, 0.5) is 4.39 Å². The van der Waals surface area contributed by atoms with Crippen LogP contribution in [-0.2, 0) is 4.74 Å². The summed E-state index contributed by atoms with van der Waals surface area (Å²) in [7, 11) is 1.35. The maximum atomic E-state index is 13.5. The van der Waals surface area contributed by atoms with E-state index in [9.17, 15) is 9.18 Å². The second-order valence-corrected chi connectivity index (χ2v) is 5.35. The lowest BCUT2D eigenvalue weighted by atomic mass is 9.86. The topological polar surface area (TPSA) is 35.5 Å². The molecule has 0 saturated heterocycles. The van der Waals surface area contributed by atoms with Crippen LogP contribution in [0.15, 0.2) is 47.6 Å². The average Bonchev–Trinajstić information content (AvgIpc) is 2.53. The van der Waals surface area contributed by atoms with E-state index in [1.165, 1.54) is 7.11 Å². The summed E-state index contributed by atoms with van der Waals surface area (Å²) in [5.74, 6) is 0.336. The molecule has 1 aromatic rings. The number of rotatable bonds is 2. The van der Waals surface area contributed by atoms with E-state index < -0.39 is 6.17 Å². The number of halogens is 1. The maximum Gasteiger partial charge on any atom is 0.337 e. The van der Waals surface area contributed by atoms with Crippen LogP contribution in [0.1, 0.15) is 29.3 Å². The van der Waals surface area contributed by atoms with Crippen molar-refractivity contribution in [3.8, 4) is 5.75 Å². The molecule has 114 valence electrons. The molecule has 4 heteroatoms. The van der Waals surface area contributed by atoms with Gasteiger partial charge in [0, 0.05) is 12.0 Å². The van der Waals surface area contributed by atoms with Crippen LogP contribution in [0, 0.1) is 0 Å². The summed E-state index contributed by atoms with van der Waals surface area (Å²) in [6, 6.07) is 5.22. The summed E-state index contributed by atoms with van der Waals surface area (Å²) in [5, 5.41) is 0. The molecule has 0 bridgehead atoms. The van der Waals surface area contributed by atoms with Crippen molar-refractivity contribution in [2.24, 2.45) is 0 Å². The Hall–Kier alpha value is -2.36. The minimum Gasteiger partial charge on any atom is -0.489 e. The van der Waals surface area contributed by atoms with Gasteiger partial charge in [-0.1, -0.05) is 6.08 Å². The number of carbonyl (C=O) groups is 1. The van der Waals surface area contributed by atoms with Crippen LogP contribution in [0.2, 0.25) is 0 Å². The molecule has 1 atom stereocenters. The van der Waals surface area contributed by atoms with E-state index in [0.29, 0.717) is 18.6 Å². The second kappa shape index (κ2) is 5.79. The zero-order valence-electron chi connectivity index (χ0n) is 12.6. The van der Waals surface area contributed by atoms with Crippen LogP contribution in [0.5, 0.6) is 5.75 Å². The Morgan fingerprint density at radius 1 is 1.32 bits per heavy atom. The highest BCUT2D eigenvalue weighted by molar-refractivity contribution is 5.94. The number of esters is 1. The third-order valence-electron chi connectivity index (χ3n) is 3.91. The third-order valence-corrected chi connectivity index (χ3v) is 3.91. The van der Waals surface area contributed by atoms with Gasteiger partial charge in [0.05, 0.1) is 12.7 Å². The Labute approximate surface area is 128 Å². The Kier molecular flexibility index (Phi) is 3.84. The van der Waals surface area contributed by atoms with Crippen molar-refractivity contribution in [2.45, 2.75) is 19.5 Å². The van der Waals surface area contributed by atoms with E-state index in [1.807, 2.05) is 19.1 Å². The minimum absolute atomic E-state index is 0.372. The summed E-state index contributed by atoms with van der Waals surface area (Å²) < 4.78 is 23.8. The Bertz CT molecular complexity index is 713. The van der Waals surface area contributed by atoms with Gasteiger partial charge in [-0.25, -0.2) is 9.18 Å². The van der Waals surface area contributed by atoms with Gasteiger partial charge in [-0.2, -0.15) is 0 Å². The second-order valence-electron chi connectivity index (χ2n) is 5.35. The van der Waals surface area contributed by atoms with Crippen molar-refractivity contribution in [2.75, 3.05) is 13.7 Å². The van der Waals surface area contributed by atoms with Gasteiger partial charge in [-0.15, -0.1) is 0 Å². The maximum absolute atomic E-state index is 13.5. The zero-order chi connectivity index (χ0) is 15.7. The van der Waals surface area contributed by atoms with E-state index >= 15 is 0 Å². The SMILES string of the molecule is COC(=O)c1ccc2c(c1)C(C1=CCC(F)C=C1C)=CCO2. The largest absolute Gasteiger partial charge is 0.489 e. The van der Waals surface area contributed by atoms with Gasteiger partial charge in [0.25, 0.3) is 0 Å². The first-order valence-corrected chi connectivity index (χ1v) is 7.19. The van der Waals surface area contributed by atoms with Crippen molar-refractivity contribution in [1.29, 1.82) is 0 Å². The van der Waals surface area contributed by atoms with Gasteiger partial charge in [0.1, 0.15) is 18.5 Å². The highest BCUT2D eigenvalue weighted by Crippen LogP contribution is 2.39. The number of benzene rings is 1. The molecule has 0 aromatic heterocycles. The molecule has 0 spiro atoms. The lowest BCUT2D eigenvalue weighted by molar-refractivity contribution is 0.0600. The molecule has 1 heterocycles. The van der Waals surface area contributed by atoms with Crippen molar-refractivity contribution >= 4 is 11.5 Å². The van der Waals surface area contributed by atoms with E-state index in [-0.39, 0.29) is 5.97 Å². The van der Waals surface area contributed by atoms with Crippen LogP contribution in [0.3, 0.4) is 0 Å². The summed E-state index contributed by atoms with van der Waals surface area (Å²) in [4.78, 5) is 11.7. The van der Waals surface area contributed by atoms with E-state index in [2.05, 4.69) is 0 Å². The molecule has 0 fully saturated rings. The first kappa shape index (κ1) is 14.6. The minimum atomic E-state index is -0.926. The molecule has 2 aliphatic rings. The summed E-state index contributed by atoms with van der Waals surface area (Å²) in [6.07, 6.45) is 4.95. The molecule has 1 unspecified atom stereocenters. The molecule has 1 aliphatic heterocycles. The third kappa shape index (κ3) is 2.56. The van der Waals surface area contributed by atoms with Crippen LogP contribution >= 0.6 is 0 Å². The van der Waals surface area contributed by atoms with Gasteiger partial charge in [-0.3, -0.25) is 0 Å². The highest BCUT2D eigenvalue weighted by Gasteiger charge is 2.22. The fourth-order valence-corrected chi connectivity index (χ4v) is 2.83. The molecular weight excluding hydrogens is 283 g/mol. The molecule has 1 aromatic carbocycles. The molecule has 3 rings (SSSR count). The summed E-state index contributed by atoms with van der Waals surface area (Å²) >= 11 is 0. The number of hydrogen-bond donors (Lipinski definition) is 0. The van der Waals surface area contributed by atoms with E-state index in [4.69, 9.17) is 9.47 Å². The summed E-state index contributed by atoms with van der Waals surface area (Å²) in [5.41, 5.74) is 4.19. The zero-order valence-corrected chi connectivity index (χ0v) is 12.6. The van der Waals surface area contributed by atoms with E-state index in [0.717, 1.165) is 28.0 Å². The van der Waals surface area contributed by atoms with Gasteiger partial charge in [-0.05, 0) is 54.0 Å². The number of methoxy groups -OCH3 is 1. The van der Waals surface area contributed by atoms with Crippen molar-refractivity contribution in [3.05, 3.63) is 58.7 Å². The smallest absolute Gasteiger partial charge is 0.337 e. The van der Waals surface area contributed by atoms with Gasteiger partial charge in [0.15, 0.2) is 0 Å². The predicted molar refractivity (Wildman–Crippen MR) is 82.6 cm³/mol. The predicted octanol–water partition coefficient (Wildman–Crippen LogP) is 3.86. The molecule has 0 N–H and O–H groups in total. The molecule has 1 aliphatic carbocycles. The normalized spacial score (nSPS) is 20.1. The highest BCUT2D eigenvalue weighted by atomic mass is 19.1. The Morgan fingerprint density at radius 2 is 2.14 bits per heavy atom. The molecule has 0 radical (unpaired) electrons. The molecular formula is C18H17FO3. The van der Waals surface area contributed by atoms with Crippen LogP contribution < -0.4 is 4.74 Å². The Balaban J connectivity index is 2.04. The first-order chi connectivity index (χ1) is 10.6. The van der Waals surface area contributed by atoms with Crippen LogP contribution in [0.25, 0.3) is 5.57 Å². The first-order valence-electron chi connectivity index (χ1n) is 7.19. The quantitative estimate of drug-likeness (QED) is 0.778. The van der Waals surface area contributed by atoms with Crippen molar-refractivity contribution in [3.63, 3.8) is 0 Å². The monoisotopic (exact) mass is 300 g/mol. The fourth-order valence-electron chi connectivity index (χ4n) is 2.83. The van der Waals surface area contributed by atoms with Gasteiger partial charge < -0.3 is 9.47 Å². The number of hydrogen-bond acceptors (Lipinski definition) is 3. The number of fused-ring (bicyclic) bond motifs is 1. The standard InChI is InChI=1S/C18H17FO3/c1-11-9-13(19)4-5-14(11)15-7-8-22-17-6-3-12(10-16(15)17)18(20)21-2/h3,5-7,9-10,13H,4,8H2,1-2H3. The van der Waals surface area contributed by atoms with Crippen LogP contribution in [-0.4, -0.2) is 25.9 Å². The van der Waals surface area contributed by atoms with Gasteiger partial charge in [0.2, 0.25) is 0 Å². The molecule has 3 nitrogen and oxygen atoms in total. The van der Waals surface area contributed by atoms with Crippen molar-refractivity contribution in [1.82, 2.24) is 0 Å². The molecule has 0 amide bonds. The number of ether oxygens (including phenoxy) is 2. The number of allylic oxidation sites excluding steroid dienone is 5. The summed E-state index contributed by atoms with van der Waals surface area (Å²) in [6.45, 7) is 2.36. The van der Waals surface area contributed by atoms with Gasteiger partial charge >= 0.3 is 5.97 Å². The number of alkyl halides is 1. The molecule has 0 saturated carbocycles. The average molecular weight is 300 g/mol. The Morgan fingerprint density at radius 3 is 2.86 bits per heavy atom. The van der Waals surface area contributed by atoms with E-state index in [1.54, 1.807) is 24.3 Å². The lowest BCUT2D eigenvalue weighted by Crippen LogP contribution is -2.11. The lowest BCUT2D eigenvalue weighted by Gasteiger charge is -2.24. The fraction of sp³-hybridized carbons (Fsp3) is 0.278.